The summed E-state index contributed by atoms with van der Waals surface area (Å²) >= 11 is 0. The van der Waals surface area contributed by atoms with E-state index in [0.29, 0.717) is 0 Å². The van der Waals surface area contributed by atoms with Gasteiger partial charge in [-0.25, -0.2) is 0 Å². The first-order valence-corrected chi connectivity index (χ1v) is 4.99. The standard InChI is InChI=1S/C14H14/c1-2-3-4-7-12-8-5-9-13-10-6-11-14(12)13/h2-10H,11H2,1H3/b3-2-,7-4+. The maximum Gasteiger partial charge on any atom is -0.00822 e. The van der Waals surface area contributed by atoms with Crippen LogP contribution in [0.15, 0.2) is 42.5 Å². The molecule has 1 aromatic rings. The van der Waals surface area contributed by atoms with E-state index in [-0.39, 0.29) is 0 Å². The van der Waals surface area contributed by atoms with Crippen LogP contribution in [-0.2, 0) is 6.42 Å². The second-order valence-electron chi connectivity index (χ2n) is 3.41. The largest absolute Gasteiger partial charge is 0.0877 e. The Kier molecular flexibility index (Phi) is 2.64. The first-order valence-electron chi connectivity index (χ1n) is 4.99. The van der Waals surface area contributed by atoms with Crippen molar-refractivity contribution in [1.29, 1.82) is 0 Å². The van der Waals surface area contributed by atoms with Gasteiger partial charge in [-0.15, -0.1) is 0 Å². The topological polar surface area (TPSA) is 0 Å². The molecule has 0 heterocycles. The van der Waals surface area contributed by atoms with Gasteiger partial charge in [0.2, 0.25) is 0 Å². The van der Waals surface area contributed by atoms with Crippen LogP contribution >= 0.6 is 0 Å². The van der Waals surface area contributed by atoms with Crippen LogP contribution in [0.4, 0.5) is 0 Å². The van der Waals surface area contributed by atoms with Crippen LogP contribution < -0.4 is 0 Å². The predicted molar refractivity (Wildman–Crippen MR) is 63.0 cm³/mol. The predicted octanol–water partition coefficient (Wildman–Crippen LogP) is 3.85. The zero-order valence-corrected chi connectivity index (χ0v) is 8.40. The Hall–Kier alpha value is -1.56. The molecule has 0 N–H and O–H groups in total. The van der Waals surface area contributed by atoms with Gasteiger partial charge in [0, 0.05) is 0 Å². The van der Waals surface area contributed by atoms with E-state index >= 15 is 0 Å². The fourth-order valence-electron chi connectivity index (χ4n) is 1.75. The van der Waals surface area contributed by atoms with E-state index in [1.807, 2.05) is 13.0 Å². The summed E-state index contributed by atoms with van der Waals surface area (Å²) in [5, 5.41) is 0. The number of fused-ring (bicyclic) bond motifs is 1. The van der Waals surface area contributed by atoms with Gasteiger partial charge in [0.25, 0.3) is 0 Å². The van der Waals surface area contributed by atoms with Crippen LogP contribution in [0.3, 0.4) is 0 Å². The van der Waals surface area contributed by atoms with Gasteiger partial charge in [-0.05, 0) is 30.0 Å². The molecule has 0 atom stereocenters. The molecule has 0 radical (unpaired) electrons. The molecule has 0 aromatic heterocycles. The number of hydrogen-bond acceptors (Lipinski definition) is 0. The molecule has 0 amide bonds. The molecular weight excluding hydrogens is 168 g/mol. The summed E-state index contributed by atoms with van der Waals surface area (Å²) in [4.78, 5) is 0. The fourth-order valence-corrected chi connectivity index (χ4v) is 1.75. The second kappa shape index (κ2) is 4.10. The smallest absolute Gasteiger partial charge is 0.00822 e. The molecule has 1 aliphatic rings. The van der Waals surface area contributed by atoms with E-state index in [4.69, 9.17) is 0 Å². The minimum atomic E-state index is 1.08. The molecule has 0 bridgehead atoms. The fraction of sp³-hybridized carbons (Fsp3) is 0.143. The molecular formula is C14H14. The molecule has 0 saturated carbocycles. The first-order chi connectivity index (χ1) is 6.92. The molecule has 0 heteroatoms. The third kappa shape index (κ3) is 1.69. The summed E-state index contributed by atoms with van der Waals surface area (Å²) in [6, 6.07) is 6.46. The lowest BCUT2D eigenvalue weighted by Gasteiger charge is -2.02. The number of hydrogen-bond donors (Lipinski definition) is 0. The van der Waals surface area contributed by atoms with Crippen molar-refractivity contribution < 1.29 is 0 Å². The molecule has 0 aliphatic heterocycles. The van der Waals surface area contributed by atoms with Crippen LogP contribution in [0.1, 0.15) is 23.6 Å². The van der Waals surface area contributed by atoms with Crippen molar-refractivity contribution in [2.75, 3.05) is 0 Å². The maximum atomic E-state index is 2.22. The highest BCUT2D eigenvalue weighted by atomic mass is 14.1. The summed E-state index contributed by atoms with van der Waals surface area (Å²) in [6.45, 7) is 2.03. The molecule has 1 aliphatic carbocycles. The van der Waals surface area contributed by atoms with Crippen molar-refractivity contribution in [3.63, 3.8) is 0 Å². The maximum absolute atomic E-state index is 2.22. The Labute approximate surface area is 85.3 Å². The van der Waals surface area contributed by atoms with E-state index in [1.54, 1.807) is 0 Å². The molecule has 0 nitrogen and oxygen atoms in total. The number of benzene rings is 1. The van der Waals surface area contributed by atoms with Crippen molar-refractivity contribution in [2.45, 2.75) is 13.3 Å². The van der Waals surface area contributed by atoms with Gasteiger partial charge in [0.1, 0.15) is 0 Å². The summed E-state index contributed by atoms with van der Waals surface area (Å²) in [5.74, 6) is 0. The Bertz CT molecular complexity index is 406. The van der Waals surface area contributed by atoms with E-state index in [1.165, 1.54) is 16.7 Å². The van der Waals surface area contributed by atoms with Crippen molar-refractivity contribution in [1.82, 2.24) is 0 Å². The summed E-state index contributed by atoms with van der Waals surface area (Å²) in [5.41, 5.74) is 4.16. The number of allylic oxidation sites excluding steroid dienone is 4. The first kappa shape index (κ1) is 9.01. The van der Waals surface area contributed by atoms with Gasteiger partial charge >= 0.3 is 0 Å². The molecule has 2 rings (SSSR count). The van der Waals surface area contributed by atoms with E-state index < -0.39 is 0 Å². The minimum absolute atomic E-state index is 1.08. The zero-order chi connectivity index (χ0) is 9.80. The Balaban J connectivity index is 2.32. The van der Waals surface area contributed by atoms with Crippen molar-refractivity contribution in [2.24, 2.45) is 0 Å². The van der Waals surface area contributed by atoms with Gasteiger partial charge in [-0.2, -0.15) is 0 Å². The highest BCUT2D eigenvalue weighted by Gasteiger charge is 2.06. The molecule has 0 spiro atoms. The van der Waals surface area contributed by atoms with E-state index in [0.717, 1.165) is 6.42 Å². The zero-order valence-electron chi connectivity index (χ0n) is 8.40. The molecule has 14 heavy (non-hydrogen) atoms. The molecule has 0 saturated heterocycles. The second-order valence-corrected chi connectivity index (χ2v) is 3.41. The lowest BCUT2D eigenvalue weighted by Crippen LogP contribution is -1.85. The molecule has 1 aromatic carbocycles. The highest BCUT2D eigenvalue weighted by molar-refractivity contribution is 5.68. The number of rotatable bonds is 2. The highest BCUT2D eigenvalue weighted by Crippen LogP contribution is 2.23. The molecule has 0 fully saturated rings. The Morgan fingerprint density at radius 1 is 1.21 bits per heavy atom. The average Bonchev–Trinajstić information content (AvgIpc) is 2.67. The quantitative estimate of drug-likeness (QED) is 0.609. The van der Waals surface area contributed by atoms with Gasteiger partial charge in [0.15, 0.2) is 0 Å². The summed E-state index contributed by atoms with van der Waals surface area (Å²) in [6.07, 6.45) is 13.9. The Morgan fingerprint density at radius 2 is 2.14 bits per heavy atom. The van der Waals surface area contributed by atoms with Crippen LogP contribution in [0.2, 0.25) is 0 Å². The van der Waals surface area contributed by atoms with Gasteiger partial charge in [0.05, 0.1) is 0 Å². The van der Waals surface area contributed by atoms with Crippen LogP contribution in [0.5, 0.6) is 0 Å². The SMILES string of the molecule is C/C=C\C=C\c1cccc2c1CC=C2. The third-order valence-electron chi connectivity index (χ3n) is 2.45. The molecule has 0 unspecified atom stereocenters. The van der Waals surface area contributed by atoms with Gasteiger partial charge in [-0.1, -0.05) is 54.7 Å². The van der Waals surface area contributed by atoms with Gasteiger partial charge < -0.3 is 0 Å². The third-order valence-corrected chi connectivity index (χ3v) is 2.45. The van der Waals surface area contributed by atoms with Crippen molar-refractivity contribution in [3.8, 4) is 0 Å². The van der Waals surface area contributed by atoms with Crippen molar-refractivity contribution in [3.05, 3.63) is 59.2 Å². The summed E-state index contributed by atoms with van der Waals surface area (Å²) < 4.78 is 0. The van der Waals surface area contributed by atoms with Crippen molar-refractivity contribution >= 4 is 12.2 Å². The van der Waals surface area contributed by atoms with Crippen LogP contribution in [-0.4, -0.2) is 0 Å². The van der Waals surface area contributed by atoms with Crippen LogP contribution in [0, 0.1) is 0 Å². The monoisotopic (exact) mass is 182 g/mol. The van der Waals surface area contributed by atoms with Crippen LogP contribution in [0.25, 0.3) is 12.2 Å². The van der Waals surface area contributed by atoms with Gasteiger partial charge in [-0.3, -0.25) is 0 Å². The lowest BCUT2D eigenvalue weighted by molar-refractivity contribution is 1.30. The minimum Gasteiger partial charge on any atom is -0.0877 e. The Morgan fingerprint density at radius 3 is 3.00 bits per heavy atom. The average molecular weight is 182 g/mol. The summed E-state index contributed by atoms with van der Waals surface area (Å²) in [7, 11) is 0. The van der Waals surface area contributed by atoms with E-state index in [2.05, 4.69) is 48.6 Å². The molecule has 70 valence electrons. The van der Waals surface area contributed by atoms with E-state index in [9.17, 15) is 0 Å². The normalized spacial score (nSPS) is 14.4. The lowest BCUT2D eigenvalue weighted by atomic mass is 10.0.